The van der Waals surface area contributed by atoms with Gasteiger partial charge in [-0.15, -0.1) is 23.1 Å². The number of nitrogens with zero attached hydrogens (tertiary/aromatic N) is 4. The summed E-state index contributed by atoms with van der Waals surface area (Å²) in [6.07, 6.45) is 6.70. The number of carboxylic acid groups (broad SMARTS) is 1. The molecule has 4 heterocycles. The third-order valence-corrected chi connectivity index (χ3v) is 6.89. The fraction of sp³-hybridized carbons (Fsp3) is 0.238. The number of thioether (sulfide) groups is 1. The number of aliphatic carboxylic acids is 1. The average Bonchev–Trinajstić information content (AvgIpc) is 3.27. The summed E-state index contributed by atoms with van der Waals surface area (Å²) in [5.74, 6) is -2.06. The lowest BCUT2D eigenvalue weighted by Crippen LogP contribution is -2.71. The highest BCUT2D eigenvalue weighted by atomic mass is 32.2. The Hall–Kier alpha value is -3.71. The molecular weight excluding hydrogens is 480 g/mol. The van der Waals surface area contributed by atoms with Crippen LogP contribution in [-0.4, -0.2) is 67.2 Å². The van der Waals surface area contributed by atoms with E-state index in [9.17, 15) is 19.5 Å². The molecule has 176 valence electrons. The van der Waals surface area contributed by atoms with E-state index in [-0.39, 0.29) is 28.8 Å². The van der Waals surface area contributed by atoms with Crippen LogP contribution < -0.4 is 11.1 Å². The zero-order valence-electron chi connectivity index (χ0n) is 17.9. The first-order chi connectivity index (χ1) is 16.4. The number of amides is 2. The molecule has 34 heavy (non-hydrogen) atoms. The number of nitrogens with two attached hydrogens (primary N) is 1. The number of oxime groups is 1. The molecular formula is C21H20N6O5S2. The van der Waals surface area contributed by atoms with Gasteiger partial charge in [-0.3, -0.25) is 19.5 Å². The van der Waals surface area contributed by atoms with Crippen molar-refractivity contribution in [3.05, 3.63) is 58.5 Å². The minimum Gasteiger partial charge on any atom is -0.477 e. The number of rotatable bonds is 8. The second-order valence-electron chi connectivity index (χ2n) is 7.09. The number of carbonyl (C=O) groups is 3. The topological polar surface area (TPSA) is 160 Å². The number of β-lactam (4-membered cyclic amide) rings is 1. The van der Waals surface area contributed by atoms with E-state index in [1.54, 1.807) is 42.9 Å². The van der Waals surface area contributed by atoms with Gasteiger partial charge in [-0.25, -0.2) is 9.78 Å². The van der Waals surface area contributed by atoms with Crippen LogP contribution in [0.5, 0.6) is 0 Å². The second kappa shape index (κ2) is 10.1. The number of hydrogen-bond acceptors (Lipinski definition) is 10. The van der Waals surface area contributed by atoms with Gasteiger partial charge in [-0.1, -0.05) is 23.4 Å². The van der Waals surface area contributed by atoms with E-state index < -0.39 is 29.2 Å². The predicted octanol–water partition coefficient (Wildman–Crippen LogP) is 1.31. The van der Waals surface area contributed by atoms with Crippen molar-refractivity contribution in [2.75, 3.05) is 18.1 Å². The number of aromatic nitrogens is 2. The van der Waals surface area contributed by atoms with Crippen LogP contribution in [0.1, 0.15) is 18.2 Å². The molecule has 1 saturated heterocycles. The summed E-state index contributed by atoms with van der Waals surface area (Å²) in [7, 11) is 0. The van der Waals surface area contributed by atoms with Gasteiger partial charge in [0.15, 0.2) is 10.8 Å². The molecule has 0 aromatic carbocycles. The Morgan fingerprint density at radius 3 is 2.91 bits per heavy atom. The number of allylic oxidation sites excluding steroid dienone is 1. The minimum absolute atomic E-state index is 0.102. The Morgan fingerprint density at radius 1 is 1.44 bits per heavy atom. The van der Waals surface area contributed by atoms with Gasteiger partial charge in [0.05, 0.1) is 0 Å². The Bertz CT molecular complexity index is 1210. The molecule has 2 amide bonds. The van der Waals surface area contributed by atoms with E-state index in [0.29, 0.717) is 11.3 Å². The molecule has 13 heteroatoms. The number of carboxylic acids is 1. The van der Waals surface area contributed by atoms with Gasteiger partial charge in [0.1, 0.15) is 29.4 Å². The third-order valence-electron chi connectivity index (χ3n) is 4.91. The number of nitrogen functional groups attached to an aromatic ring is 1. The largest absolute Gasteiger partial charge is 0.477 e. The van der Waals surface area contributed by atoms with Crippen molar-refractivity contribution in [2.24, 2.45) is 5.16 Å². The summed E-state index contributed by atoms with van der Waals surface area (Å²) in [4.78, 5) is 52.1. The van der Waals surface area contributed by atoms with Crippen LogP contribution in [0, 0.1) is 0 Å². The van der Waals surface area contributed by atoms with Crippen LogP contribution >= 0.6 is 23.1 Å². The maximum absolute atomic E-state index is 12.9. The first-order valence-corrected chi connectivity index (χ1v) is 12.0. The normalized spacial score (nSPS) is 20.2. The molecule has 2 aliphatic heterocycles. The maximum atomic E-state index is 12.9. The first-order valence-electron chi connectivity index (χ1n) is 10.1. The van der Waals surface area contributed by atoms with E-state index in [1.807, 2.05) is 6.07 Å². The summed E-state index contributed by atoms with van der Waals surface area (Å²) >= 11 is 2.50. The van der Waals surface area contributed by atoms with E-state index in [4.69, 9.17) is 10.6 Å². The fourth-order valence-corrected chi connectivity index (χ4v) is 5.25. The number of anilines is 1. The second-order valence-corrected chi connectivity index (χ2v) is 9.08. The highest BCUT2D eigenvalue weighted by Crippen LogP contribution is 2.40. The molecule has 4 rings (SSSR count). The SMILES string of the molecule is CCON=C(C(=O)NC1C(=O)N2C(C(=O)O)=C(C=Cc3cccnc3)CS[C@H]12)c1csc(N)n1. The molecule has 0 aliphatic carbocycles. The molecule has 2 atom stereocenters. The smallest absolute Gasteiger partial charge is 0.352 e. The van der Waals surface area contributed by atoms with Gasteiger partial charge in [-0.2, -0.15) is 0 Å². The van der Waals surface area contributed by atoms with Gasteiger partial charge in [0, 0.05) is 23.5 Å². The molecule has 2 aliphatic rings. The maximum Gasteiger partial charge on any atom is 0.352 e. The lowest BCUT2D eigenvalue weighted by Gasteiger charge is -2.49. The van der Waals surface area contributed by atoms with Crippen LogP contribution in [0.2, 0.25) is 0 Å². The fourth-order valence-electron chi connectivity index (χ4n) is 3.38. The van der Waals surface area contributed by atoms with Gasteiger partial charge in [-0.05, 0) is 24.1 Å². The summed E-state index contributed by atoms with van der Waals surface area (Å²) in [5.41, 5.74) is 6.96. The Labute approximate surface area is 202 Å². The van der Waals surface area contributed by atoms with Gasteiger partial charge in [0.2, 0.25) is 0 Å². The molecule has 4 N–H and O–H groups in total. The number of pyridine rings is 1. The van der Waals surface area contributed by atoms with Gasteiger partial charge < -0.3 is 21.0 Å². The van der Waals surface area contributed by atoms with Crippen molar-refractivity contribution in [3.63, 3.8) is 0 Å². The summed E-state index contributed by atoms with van der Waals surface area (Å²) < 4.78 is 0. The predicted molar refractivity (Wildman–Crippen MR) is 128 cm³/mol. The van der Waals surface area contributed by atoms with Crippen molar-refractivity contribution in [2.45, 2.75) is 18.3 Å². The summed E-state index contributed by atoms with van der Waals surface area (Å²) in [6, 6.07) is 2.69. The molecule has 0 bridgehead atoms. The quantitative estimate of drug-likeness (QED) is 0.276. The zero-order chi connectivity index (χ0) is 24.2. The number of hydrogen-bond donors (Lipinski definition) is 3. The van der Waals surface area contributed by atoms with Crippen molar-refractivity contribution in [3.8, 4) is 0 Å². The standard InChI is InChI=1S/C21H20N6O5S2/c1-2-32-26-14(13-10-34-21(22)24-13)17(28)25-15-18(29)27-16(20(30)31)12(9-33-19(15)27)6-5-11-4-3-7-23-8-11/h3-8,10,15,19H,2,9H2,1H3,(H2,22,24)(H,25,28)(H,30,31)/t15?,19-/m1/s1. The van der Waals surface area contributed by atoms with Crippen molar-refractivity contribution >= 4 is 57.8 Å². The Morgan fingerprint density at radius 2 is 2.26 bits per heavy atom. The van der Waals surface area contributed by atoms with E-state index >= 15 is 0 Å². The number of nitrogens with one attached hydrogen (secondary N) is 1. The third kappa shape index (κ3) is 4.65. The molecule has 1 fully saturated rings. The summed E-state index contributed by atoms with van der Waals surface area (Å²) in [6.45, 7) is 1.94. The van der Waals surface area contributed by atoms with Crippen LogP contribution in [0.25, 0.3) is 6.08 Å². The monoisotopic (exact) mass is 500 g/mol. The lowest BCUT2D eigenvalue weighted by atomic mass is 10.0. The number of carbonyl (C=O) groups excluding carboxylic acids is 2. The zero-order valence-corrected chi connectivity index (χ0v) is 19.5. The summed E-state index contributed by atoms with van der Waals surface area (Å²) in [5, 5.41) is 17.5. The molecule has 0 saturated carbocycles. The highest BCUT2D eigenvalue weighted by Gasteiger charge is 2.54. The Kier molecular flexibility index (Phi) is 6.93. The molecule has 2 aromatic rings. The molecule has 11 nitrogen and oxygen atoms in total. The van der Waals surface area contributed by atoms with Crippen LogP contribution in [-0.2, 0) is 19.2 Å². The molecule has 0 spiro atoms. The number of fused-ring (bicyclic) bond motifs is 1. The van der Waals surface area contributed by atoms with Gasteiger partial charge >= 0.3 is 5.97 Å². The van der Waals surface area contributed by atoms with Crippen LogP contribution in [0.15, 0.2) is 52.4 Å². The number of thiazole rings is 1. The van der Waals surface area contributed by atoms with Crippen LogP contribution in [0.4, 0.5) is 5.13 Å². The minimum atomic E-state index is -1.22. The average molecular weight is 501 g/mol. The first kappa shape index (κ1) is 23.4. The highest BCUT2D eigenvalue weighted by molar-refractivity contribution is 8.00. The molecule has 2 aromatic heterocycles. The molecule has 0 radical (unpaired) electrons. The van der Waals surface area contributed by atoms with E-state index in [1.165, 1.54) is 16.7 Å². The van der Waals surface area contributed by atoms with Crippen LogP contribution in [0.3, 0.4) is 0 Å². The lowest BCUT2D eigenvalue weighted by molar-refractivity contribution is -0.150. The van der Waals surface area contributed by atoms with Gasteiger partial charge in [0.25, 0.3) is 11.8 Å². The van der Waals surface area contributed by atoms with Crippen molar-refractivity contribution in [1.29, 1.82) is 0 Å². The Balaban J connectivity index is 1.53. The van der Waals surface area contributed by atoms with Crippen molar-refractivity contribution < 1.29 is 24.3 Å². The van der Waals surface area contributed by atoms with E-state index in [0.717, 1.165) is 16.9 Å². The van der Waals surface area contributed by atoms with Crippen molar-refractivity contribution in [1.82, 2.24) is 20.2 Å². The molecule has 1 unspecified atom stereocenters. The van der Waals surface area contributed by atoms with E-state index in [2.05, 4.69) is 20.4 Å².